The van der Waals surface area contributed by atoms with Crippen LogP contribution in [0.15, 0.2) is 0 Å². The number of rotatable bonds is 0. The highest BCUT2D eigenvalue weighted by molar-refractivity contribution is 5.45. The van der Waals surface area contributed by atoms with Crippen LogP contribution in [0.2, 0.25) is 0 Å². The van der Waals surface area contributed by atoms with Crippen molar-refractivity contribution in [1.29, 1.82) is 5.26 Å². The molecule has 0 aliphatic rings. The van der Waals surface area contributed by atoms with E-state index in [4.69, 9.17) is 11.0 Å². The van der Waals surface area contributed by atoms with Gasteiger partial charge in [-0.15, -0.1) is 0 Å². The van der Waals surface area contributed by atoms with Gasteiger partial charge in [-0.3, -0.25) is 0 Å². The number of pyridine rings is 1. The molecule has 0 aliphatic carbocycles. The number of hydrogen-bond donors (Lipinski definition) is 1. The van der Waals surface area contributed by atoms with E-state index in [1.54, 1.807) is 0 Å². The van der Waals surface area contributed by atoms with Crippen molar-refractivity contribution in [2.24, 2.45) is 0 Å². The number of nitrogen functional groups attached to an aromatic ring is 1. The van der Waals surface area contributed by atoms with E-state index in [1.165, 1.54) is 6.07 Å². The Hall–Kier alpha value is -1.77. The summed E-state index contributed by atoms with van der Waals surface area (Å²) < 4.78 is 37.3. The van der Waals surface area contributed by atoms with Crippen LogP contribution in [0.5, 0.6) is 0 Å². The van der Waals surface area contributed by atoms with Gasteiger partial charge >= 0.3 is 0 Å². The van der Waals surface area contributed by atoms with Gasteiger partial charge in [0.05, 0.1) is 0 Å². The van der Waals surface area contributed by atoms with E-state index in [-0.39, 0.29) is 0 Å². The second kappa shape index (κ2) is 2.70. The molecular formula is C6H2F3N3. The third-order valence-corrected chi connectivity index (χ3v) is 1.18. The standard InChI is InChI=1S/C6H2F3N3/c7-3-2(1-10)12-6(9)4(8)5(3)11/h(H2,11,12). The Morgan fingerprint density at radius 3 is 2.33 bits per heavy atom. The zero-order valence-electron chi connectivity index (χ0n) is 5.61. The summed E-state index contributed by atoms with van der Waals surface area (Å²) in [4.78, 5) is 2.69. The van der Waals surface area contributed by atoms with Crippen molar-refractivity contribution in [1.82, 2.24) is 4.98 Å². The lowest BCUT2D eigenvalue weighted by Gasteiger charge is -1.99. The predicted octanol–water partition coefficient (Wildman–Crippen LogP) is 0.953. The van der Waals surface area contributed by atoms with Crippen LogP contribution in [-0.2, 0) is 0 Å². The summed E-state index contributed by atoms with van der Waals surface area (Å²) in [7, 11) is 0. The highest BCUT2D eigenvalue weighted by Gasteiger charge is 2.17. The Bertz CT molecular complexity index is 369. The zero-order valence-corrected chi connectivity index (χ0v) is 5.61. The summed E-state index contributed by atoms with van der Waals surface area (Å²) in [6.07, 6.45) is 0. The lowest BCUT2D eigenvalue weighted by atomic mass is 10.3. The van der Waals surface area contributed by atoms with Gasteiger partial charge in [-0.2, -0.15) is 14.0 Å². The molecule has 0 aliphatic heterocycles. The lowest BCUT2D eigenvalue weighted by molar-refractivity contribution is 0.467. The first-order valence-electron chi connectivity index (χ1n) is 2.78. The summed E-state index contributed by atoms with van der Waals surface area (Å²) in [5.41, 5.74) is 2.89. The van der Waals surface area contributed by atoms with Crippen LogP contribution < -0.4 is 5.73 Å². The van der Waals surface area contributed by atoms with Crippen molar-refractivity contribution in [3.05, 3.63) is 23.3 Å². The van der Waals surface area contributed by atoms with Crippen LogP contribution in [0.3, 0.4) is 0 Å². The fraction of sp³-hybridized carbons (Fsp3) is 0. The molecule has 0 saturated carbocycles. The summed E-state index contributed by atoms with van der Waals surface area (Å²) in [6, 6.07) is 1.23. The maximum atomic E-state index is 12.6. The van der Waals surface area contributed by atoms with Gasteiger partial charge in [-0.05, 0) is 0 Å². The average molecular weight is 173 g/mol. The largest absolute Gasteiger partial charge is 0.394 e. The summed E-state index contributed by atoms with van der Waals surface area (Å²) >= 11 is 0. The van der Waals surface area contributed by atoms with Gasteiger partial charge in [-0.1, -0.05) is 0 Å². The number of nitrogens with zero attached hydrogens (tertiary/aromatic N) is 2. The molecule has 0 aromatic carbocycles. The minimum atomic E-state index is -1.58. The third-order valence-electron chi connectivity index (χ3n) is 1.18. The molecule has 1 rings (SSSR count). The minimum absolute atomic E-state index is 0.855. The Kier molecular flexibility index (Phi) is 1.87. The van der Waals surface area contributed by atoms with Crippen molar-refractivity contribution in [3.8, 4) is 6.07 Å². The lowest BCUT2D eigenvalue weighted by Crippen LogP contribution is -2.04. The van der Waals surface area contributed by atoms with Gasteiger partial charge in [0.2, 0.25) is 5.82 Å². The quantitative estimate of drug-likeness (QED) is 0.594. The molecule has 12 heavy (non-hydrogen) atoms. The number of halogens is 3. The molecule has 0 unspecified atom stereocenters. The van der Waals surface area contributed by atoms with E-state index in [2.05, 4.69) is 4.98 Å². The van der Waals surface area contributed by atoms with Crippen molar-refractivity contribution in [3.63, 3.8) is 0 Å². The molecular weight excluding hydrogens is 171 g/mol. The van der Waals surface area contributed by atoms with Crippen LogP contribution in [0.25, 0.3) is 0 Å². The zero-order chi connectivity index (χ0) is 9.30. The van der Waals surface area contributed by atoms with Crippen LogP contribution in [-0.4, -0.2) is 4.98 Å². The number of hydrogen-bond acceptors (Lipinski definition) is 3. The maximum Gasteiger partial charge on any atom is 0.252 e. The first kappa shape index (κ1) is 8.33. The molecule has 0 amide bonds. The molecule has 0 fully saturated rings. The molecule has 1 aromatic heterocycles. The highest BCUT2D eigenvalue weighted by atomic mass is 19.2. The van der Waals surface area contributed by atoms with Crippen molar-refractivity contribution >= 4 is 5.69 Å². The van der Waals surface area contributed by atoms with E-state index in [0.29, 0.717) is 0 Å². The van der Waals surface area contributed by atoms with Crippen LogP contribution in [0, 0.1) is 28.9 Å². The Morgan fingerprint density at radius 1 is 1.25 bits per heavy atom. The van der Waals surface area contributed by atoms with E-state index in [1.807, 2.05) is 0 Å². The van der Waals surface area contributed by atoms with E-state index in [0.717, 1.165) is 0 Å². The topological polar surface area (TPSA) is 62.7 Å². The van der Waals surface area contributed by atoms with Gasteiger partial charge < -0.3 is 5.73 Å². The first-order chi connectivity index (χ1) is 5.57. The fourth-order valence-corrected chi connectivity index (χ4v) is 0.605. The molecule has 3 nitrogen and oxygen atoms in total. The molecule has 0 bridgehead atoms. The molecule has 0 spiro atoms. The van der Waals surface area contributed by atoms with Gasteiger partial charge in [0.25, 0.3) is 5.95 Å². The molecule has 0 atom stereocenters. The number of nitrogens with two attached hydrogens (primary N) is 1. The summed E-state index contributed by atoms with van der Waals surface area (Å²) in [5.74, 6) is -4.49. The highest BCUT2D eigenvalue weighted by Crippen LogP contribution is 2.18. The molecule has 1 heterocycles. The van der Waals surface area contributed by atoms with E-state index in [9.17, 15) is 13.2 Å². The molecule has 1 aromatic rings. The Labute approximate surface area is 65.2 Å². The smallest absolute Gasteiger partial charge is 0.252 e. The SMILES string of the molecule is N#Cc1nc(F)c(F)c(N)c1F. The van der Waals surface area contributed by atoms with Crippen LogP contribution in [0.4, 0.5) is 18.9 Å². The number of nitriles is 1. The molecule has 0 radical (unpaired) electrons. The van der Waals surface area contributed by atoms with Gasteiger partial charge in [0, 0.05) is 0 Å². The maximum absolute atomic E-state index is 12.6. The van der Waals surface area contributed by atoms with Gasteiger partial charge in [-0.25, -0.2) is 9.37 Å². The second-order valence-corrected chi connectivity index (χ2v) is 1.90. The fourth-order valence-electron chi connectivity index (χ4n) is 0.605. The van der Waals surface area contributed by atoms with Gasteiger partial charge in [0.1, 0.15) is 11.8 Å². The summed E-state index contributed by atoms with van der Waals surface area (Å²) in [5, 5.41) is 8.16. The van der Waals surface area contributed by atoms with Crippen molar-refractivity contribution in [2.45, 2.75) is 0 Å². The number of anilines is 1. The monoisotopic (exact) mass is 173 g/mol. The second-order valence-electron chi connectivity index (χ2n) is 1.90. The summed E-state index contributed by atoms with van der Waals surface area (Å²) in [6.45, 7) is 0. The van der Waals surface area contributed by atoms with Crippen molar-refractivity contribution in [2.75, 3.05) is 5.73 Å². The van der Waals surface area contributed by atoms with Crippen molar-refractivity contribution < 1.29 is 13.2 Å². The molecule has 62 valence electrons. The van der Waals surface area contributed by atoms with E-state index >= 15 is 0 Å². The number of aromatic nitrogens is 1. The normalized spacial score (nSPS) is 9.50. The Morgan fingerprint density at radius 2 is 1.83 bits per heavy atom. The molecule has 0 saturated heterocycles. The van der Waals surface area contributed by atoms with Crippen LogP contribution >= 0.6 is 0 Å². The Balaban J connectivity index is 3.52. The van der Waals surface area contributed by atoms with Crippen LogP contribution in [0.1, 0.15) is 5.69 Å². The minimum Gasteiger partial charge on any atom is -0.394 e. The molecule has 6 heteroatoms. The predicted molar refractivity (Wildman–Crippen MR) is 33.2 cm³/mol. The average Bonchev–Trinajstić information content (AvgIpc) is 2.08. The first-order valence-corrected chi connectivity index (χ1v) is 2.78. The third kappa shape index (κ3) is 1.05. The van der Waals surface area contributed by atoms with Gasteiger partial charge in [0.15, 0.2) is 11.5 Å². The molecule has 2 N–H and O–H groups in total. The van der Waals surface area contributed by atoms with E-state index < -0.39 is 29.0 Å².